The average molecular weight is 423 g/mol. The topological polar surface area (TPSA) is 84.9 Å². The van der Waals surface area contributed by atoms with Crippen LogP contribution in [0, 0.1) is 0 Å². The van der Waals surface area contributed by atoms with Crippen molar-refractivity contribution in [2.45, 2.75) is 0 Å². The second-order valence-electron chi connectivity index (χ2n) is 6.30. The lowest BCUT2D eigenvalue weighted by atomic mass is 10.2. The van der Waals surface area contributed by atoms with E-state index in [0.717, 1.165) is 5.69 Å². The van der Waals surface area contributed by atoms with Crippen molar-refractivity contribution >= 4 is 46.5 Å². The molecule has 7 nitrogen and oxygen atoms in total. The van der Waals surface area contributed by atoms with E-state index < -0.39 is 0 Å². The third kappa shape index (κ3) is 4.99. The minimum atomic E-state index is -0.372. The fourth-order valence-electron chi connectivity index (χ4n) is 2.94. The highest BCUT2D eigenvalue weighted by atomic mass is 35.5. The molecular formula is C19H20Cl2N4O3. The summed E-state index contributed by atoms with van der Waals surface area (Å²) in [5, 5.41) is 15.6. The Balaban J connectivity index is 1.46. The molecule has 1 aliphatic heterocycles. The lowest BCUT2D eigenvalue weighted by molar-refractivity contribution is -0.115. The maximum Gasteiger partial charge on any atom is 0.317 e. The van der Waals surface area contributed by atoms with Gasteiger partial charge in [-0.25, -0.2) is 4.79 Å². The lowest BCUT2D eigenvalue weighted by Gasteiger charge is -2.36. The normalized spacial score (nSPS) is 13.9. The molecule has 9 heteroatoms. The first kappa shape index (κ1) is 20.1. The first-order valence-electron chi connectivity index (χ1n) is 8.74. The van der Waals surface area contributed by atoms with E-state index in [1.54, 1.807) is 23.1 Å². The van der Waals surface area contributed by atoms with Gasteiger partial charge in [0.1, 0.15) is 5.75 Å². The van der Waals surface area contributed by atoms with Crippen LogP contribution < -0.4 is 15.5 Å². The number of piperazine rings is 1. The molecule has 1 saturated heterocycles. The summed E-state index contributed by atoms with van der Waals surface area (Å²) in [5.41, 5.74) is 1.31. The largest absolute Gasteiger partial charge is 0.508 e. The molecule has 0 aromatic heterocycles. The van der Waals surface area contributed by atoms with Gasteiger partial charge in [-0.1, -0.05) is 35.3 Å². The van der Waals surface area contributed by atoms with E-state index in [4.69, 9.17) is 23.2 Å². The van der Waals surface area contributed by atoms with E-state index in [2.05, 4.69) is 15.5 Å². The molecule has 0 atom stereocenters. The van der Waals surface area contributed by atoms with Crippen molar-refractivity contribution in [2.24, 2.45) is 0 Å². The Kier molecular flexibility index (Phi) is 6.49. The number of benzene rings is 2. The van der Waals surface area contributed by atoms with E-state index in [1.807, 2.05) is 12.1 Å². The van der Waals surface area contributed by atoms with Crippen LogP contribution >= 0.6 is 23.2 Å². The molecule has 0 aliphatic carbocycles. The summed E-state index contributed by atoms with van der Waals surface area (Å²) < 4.78 is 0. The van der Waals surface area contributed by atoms with E-state index in [9.17, 15) is 14.7 Å². The van der Waals surface area contributed by atoms with Gasteiger partial charge in [0, 0.05) is 37.9 Å². The fourth-order valence-corrected chi connectivity index (χ4v) is 3.36. The van der Waals surface area contributed by atoms with Gasteiger partial charge in [0.25, 0.3) is 0 Å². The maximum atomic E-state index is 12.3. The molecule has 2 aromatic carbocycles. The maximum absolute atomic E-state index is 12.3. The Morgan fingerprint density at radius 3 is 2.46 bits per heavy atom. The fraction of sp³-hybridized carbons (Fsp3) is 0.263. The number of aromatic hydroxyl groups is 1. The molecule has 28 heavy (non-hydrogen) atoms. The van der Waals surface area contributed by atoms with E-state index in [-0.39, 0.29) is 24.2 Å². The number of phenolic OH excluding ortho intramolecular Hbond substituents is 1. The summed E-state index contributed by atoms with van der Waals surface area (Å²) in [6.45, 7) is 2.08. The molecule has 0 bridgehead atoms. The summed E-state index contributed by atoms with van der Waals surface area (Å²) >= 11 is 12.3. The first-order valence-corrected chi connectivity index (χ1v) is 9.50. The second-order valence-corrected chi connectivity index (χ2v) is 7.09. The van der Waals surface area contributed by atoms with Crippen LogP contribution in [0.25, 0.3) is 0 Å². The highest BCUT2D eigenvalue weighted by Crippen LogP contribution is 2.32. The SMILES string of the molecule is O=C(CNC(=O)N1CCN(c2cccc(Cl)c2Cl)CC1)Nc1cccc(O)c1. The van der Waals surface area contributed by atoms with Gasteiger partial charge >= 0.3 is 6.03 Å². The van der Waals surface area contributed by atoms with Gasteiger partial charge in [0.05, 0.1) is 22.3 Å². The van der Waals surface area contributed by atoms with E-state index >= 15 is 0 Å². The van der Waals surface area contributed by atoms with Crippen LogP contribution in [0.15, 0.2) is 42.5 Å². The Labute approximate surface area is 172 Å². The number of nitrogens with zero attached hydrogens (tertiary/aromatic N) is 2. The smallest absolute Gasteiger partial charge is 0.317 e. The molecule has 1 fully saturated rings. The van der Waals surface area contributed by atoms with Crippen molar-refractivity contribution in [2.75, 3.05) is 42.9 Å². The quantitative estimate of drug-likeness (QED) is 0.706. The highest BCUT2D eigenvalue weighted by Gasteiger charge is 2.23. The van der Waals surface area contributed by atoms with Gasteiger partial charge in [-0.05, 0) is 24.3 Å². The molecule has 0 radical (unpaired) electrons. The lowest BCUT2D eigenvalue weighted by Crippen LogP contribution is -2.52. The number of amides is 3. The molecule has 148 valence electrons. The first-order chi connectivity index (χ1) is 13.4. The summed E-state index contributed by atoms with van der Waals surface area (Å²) in [6.07, 6.45) is 0. The molecule has 3 amide bonds. The number of nitrogens with one attached hydrogen (secondary N) is 2. The van der Waals surface area contributed by atoms with Gasteiger partial charge in [-0.15, -0.1) is 0 Å². The van der Waals surface area contributed by atoms with Gasteiger partial charge in [0.15, 0.2) is 0 Å². The van der Waals surface area contributed by atoms with Crippen LogP contribution in [0.5, 0.6) is 5.75 Å². The zero-order valence-corrected chi connectivity index (χ0v) is 16.5. The van der Waals surface area contributed by atoms with Crippen LogP contribution in [0.3, 0.4) is 0 Å². The van der Waals surface area contributed by atoms with Crippen LogP contribution in [0.4, 0.5) is 16.2 Å². The van der Waals surface area contributed by atoms with Crippen molar-refractivity contribution in [1.82, 2.24) is 10.2 Å². The Bertz CT molecular complexity index is 870. The summed E-state index contributed by atoms with van der Waals surface area (Å²) in [4.78, 5) is 28.0. The van der Waals surface area contributed by atoms with Gasteiger partial charge in [-0.3, -0.25) is 4.79 Å². The number of halogens is 2. The third-order valence-corrected chi connectivity index (χ3v) is 5.18. The van der Waals surface area contributed by atoms with Crippen molar-refractivity contribution in [3.05, 3.63) is 52.5 Å². The predicted octanol–water partition coefficient (Wildman–Crippen LogP) is 3.17. The van der Waals surface area contributed by atoms with E-state index in [0.29, 0.717) is 41.9 Å². The molecular weight excluding hydrogens is 403 g/mol. The zero-order chi connectivity index (χ0) is 20.1. The standard InChI is InChI=1S/C19H20Cl2N4O3/c20-15-5-2-6-16(18(15)21)24-7-9-25(10-8-24)19(28)22-12-17(27)23-13-3-1-4-14(26)11-13/h1-6,11,26H,7-10,12H2,(H,22,28)(H,23,27). The minimum absolute atomic E-state index is 0.0551. The Morgan fingerprint density at radius 1 is 1.04 bits per heavy atom. The van der Waals surface area contributed by atoms with Crippen molar-refractivity contribution in [3.63, 3.8) is 0 Å². The number of carbonyl (C=O) groups is 2. The second kappa shape index (κ2) is 9.03. The monoisotopic (exact) mass is 422 g/mol. The molecule has 1 aliphatic rings. The molecule has 0 unspecified atom stereocenters. The molecule has 1 heterocycles. The van der Waals surface area contributed by atoms with Crippen molar-refractivity contribution < 1.29 is 14.7 Å². The van der Waals surface area contributed by atoms with Gasteiger partial charge in [0.2, 0.25) is 5.91 Å². The van der Waals surface area contributed by atoms with Crippen LogP contribution in [-0.2, 0) is 4.79 Å². The van der Waals surface area contributed by atoms with Gasteiger partial charge in [-0.2, -0.15) is 0 Å². The number of hydrogen-bond donors (Lipinski definition) is 3. The number of phenols is 1. The zero-order valence-electron chi connectivity index (χ0n) is 15.0. The predicted molar refractivity (Wildman–Crippen MR) is 110 cm³/mol. The van der Waals surface area contributed by atoms with Crippen LogP contribution in [0.1, 0.15) is 0 Å². The third-order valence-electron chi connectivity index (χ3n) is 4.37. The highest BCUT2D eigenvalue weighted by molar-refractivity contribution is 6.43. The van der Waals surface area contributed by atoms with Crippen molar-refractivity contribution in [1.29, 1.82) is 0 Å². The molecule has 3 rings (SSSR count). The minimum Gasteiger partial charge on any atom is -0.508 e. The number of hydrogen-bond acceptors (Lipinski definition) is 4. The number of carbonyl (C=O) groups excluding carboxylic acids is 2. The Hall–Kier alpha value is -2.64. The molecule has 0 spiro atoms. The van der Waals surface area contributed by atoms with Crippen LogP contribution in [0.2, 0.25) is 10.0 Å². The van der Waals surface area contributed by atoms with Crippen LogP contribution in [-0.4, -0.2) is 54.7 Å². The molecule has 0 saturated carbocycles. The molecule has 2 aromatic rings. The number of rotatable bonds is 4. The number of anilines is 2. The summed E-state index contributed by atoms with van der Waals surface area (Å²) in [6, 6.07) is 11.4. The summed E-state index contributed by atoms with van der Waals surface area (Å²) in [5.74, 6) is -0.317. The average Bonchev–Trinajstić information content (AvgIpc) is 2.68. The molecule has 3 N–H and O–H groups in total. The van der Waals surface area contributed by atoms with E-state index in [1.165, 1.54) is 12.1 Å². The number of urea groups is 1. The van der Waals surface area contributed by atoms with Crippen molar-refractivity contribution in [3.8, 4) is 5.75 Å². The summed E-state index contributed by atoms with van der Waals surface area (Å²) in [7, 11) is 0. The Morgan fingerprint density at radius 2 is 1.75 bits per heavy atom. The van der Waals surface area contributed by atoms with Gasteiger partial charge < -0.3 is 25.5 Å².